The van der Waals surface area contributed by atoms with E-state index in [0.717, 1.165) is 61.4 Å². The summed E-state index contributed by atoms with van der Waals surface area (Å²) in [5.41, 5.74) is 1.87. The summed E-state index contributed by atoms with van der Waals surface area (Å²) in [5.74, 6) is 1.98. The second-order valence-corrected chi connectivity index (χ2v) is 10.4. The van der Waals surface area contributed by atoms with Gasteiger partial charge < -0.3 is 0 Å². The average molecular weight is 373 g/mol. The van der Waals surface area contributed by atoms with Gasteiger partial charge >= 0.3 is 0 Å². The SMILES string of the molecule is C=C1C[C@@H]2[C@@H](CC[C@]3(C)C(=O)CC[C@@H]23)[C@@]2(C)CCC(=O)C(SC(C)=O)=C12. The van der Waals surface area contributed by atoms with E-state index in [-0.39, 0.29) is 21.7 Å². The molecule has 0 spiro atoms. The lowest BCUT2D eigenvalue weighted by Gasteiger charge is -2.57. The smallest absolute Gasteiger partial charge is 0.190 e. The van der Waals surface area contributed by atoms with Crippen LogP contribution in [0.2, 0.25) is 0 Å². The fourth-order valence-corrected chi connectivity index (χ4v) is 7.70. The van der Waals surface area contributed by atoms with Crippen LogP contribution in [0.15, 0.2) is 22.6 Å². The maximum absolute atomic E-state index is 12.6. The van der Waals surface area contributed by atoms with Gasteiger partial charge in [0, 0.05) is 25.2 Å². The van der Waals surface area contributed by atoms with E-state index in [0.29, 0.717) is 34.9 Å². The number of Topliss-reactive ketones (excluding diaryl/α,β-unsaturated/α-hetero) is 2. The zero-order valence-electron chi connectivity index (χ0n) is 16.0. The van der Waals surface area contributed by atoms with Crippen molar-refractivity contribution in [3.8, 4) is 0 Å². The summed E-state index contributed by atoms with van der Waals surface area (Å²) < 4.78 is 0. The Morgan fingerprint density at radius 2 is 1.77 bits per heavy atom. The Labute approximate surface area is 160 Å². The normalized spacial score (nSPS) is 42.4. The van der Waals surface area contributed by atoms with E-state index in [1.165, 1.54) is 6.92 Å². The Hall–Kier alpha value is -1.16. The van der Waals surface area contributed by atoms with Gasteiger partial charge in [0.2, 0.25) is 0 Å². The van der Waals surface area contributed by atoms with Gasteiger partial charge in [-0.3, -0.25) is 14.4 Å². The third-order valence-corrected chi connectivity index (χ3v) is 8.89. The molecule has 0 aromatic rings. The first-order valence-electron chi connectivity index (χ1n) is 9.86. The number of carbonyl (C=O) groups is 3. The molecular weight excluding hydrogens is 344 g/mol. The van der Waals surface area contributed by atoms with Gasteiger partial charge in [-0.2, -0.15) is 0 Å². The molecule has 0 aliphatic heterocycles. The molecule has 26 heavy (non-hydrogen) atoms. The predicted octanol–water partition coefficient (Wildman–Crippen LogP) is 4.86. The van der Waals surface area contributed by atoms with Crippen LogP contribution in [0, 0.1) is 28.6 Å². The topological polar surface area (TPSA) is 51.2 Å². The van der Waals surface area contributed by atoms with Gasteiger partial charge in [0.05, 0.1) is 4.91 Å². The van der Waals surface area contributed by atoms with E-state index in [1.807, 2.05) is 0 Å². The number of thioether (sulfide) groups is 1. The van der Waals surface area contributed by atoms with Gasteiger partial charge in [-0.15, -0.1) is 0 Å². The molecule has 0 saturated heterocycles. The van der Waals surface area contributed by atoms with E-state index in [4.69, 9.17) is 0 Å². The lowest BCUT2D eigenvalue weighted by Crippen LogP contribution is -2.51. The van der Waals surface area contributed by atoms with Crippen LogP contribution in [-0.2, 0) is 14.4 Å². The summed E-state index contributed by atoms with van der Waals surface area (Å²) in [6.45, 7) is 10.4. The van der Waals surface area contributed by atoms with Crippen molar-refractivity contribution in [1.29, 1.82) is 0 Å². The molecule has 3 saturated carbocycles. The zero-order chi connectivity index (χ0) is 18.9. The van der Waals surface area contributed by atoms with Crippen LogP contribution >= 0.6 is 11.8 Å². The molecule has 0 aromatic heterocycles. The number of ketones is 2. The number of hydrogen-bond acceptors (Lipinski definition) is 4. The van der Waals surface area contributed by atoms with Crippen molar-refractivity contribution in [3.05, 3.63) is 22.6 Å². The second kappa shape index (κ2) is 5.92. The molecule has 0 heterocycles. The van der Waals surface area contributed by atoms with Gasteiger partial charge in [-0.05, 0) is 78.2 Å². The first-order valence-corrected chi connectivity index (χ1v) is 10.7. The third kappa shape index (κ3) is 2.37. The largest absolute Gasteiger partial charge is 0.299 e. The summed E-state index contributed by atoms with van der Waals surface area (Å²) in [7, 11) is 0. The lowest BCUT2D eigenvalue weighted by molar-refractivity contribution is -0.132. The second-order valence-electron chi connectivity index (χ2n) is 9.24. The number of allylic oxidation sites excluding steroid dienone is 2. The number of hydrogen-bond donors (Lipinski definition) is 0. The van der Waals surface area contributed by atoms with Gasteiger partial charge in [0.25, 0.3) is 0 Å². The Morgan fingerprint density at radius 1 is 1.08 bits per heavy atom. The molecule has 4 heteroatoms. The average Bonchev–Trinajstić information content (AvgIpc) is 2.86. The van der Waals surface area contributed by atoms with Crippen LogP contribution in [0.4, 0.5) is 0 Å². The number of carbonyl (C=O) groups excluding carboxylic acids is 3. The van der Waals surface area contributed by atoms with Crippen molar-refractivity contribution in [2.24, 2.45) is 28.6 Å². The van der Waals surface area contributed by atoms with E-state index >= 15 is 0 Å². The minimum absolute atomic E-state index is 0.0300. The van der Waals surface area contributed by atoms with Gasteiger partial charge in [-0.25, -0.2) is 0 Å². The quantitative estimate of drug-likeness (QED) is 0.659. The molecule has 4 rings (SSSR count). The maximum Gasteiger partial charge on any atom is 0.190 e. The van der Waals surface area contributed by atoms with E-state index in [9.17, 15) is 14.4 Å². The number of fused-ring (bicyclic) bond motifs is 5. The summed E-state index contributed by atoms with van der Waals surface area (Å²) in [6.07, 6.45) is 5.98. The molecule has 5 atom stereocenters. The van der Waals surface area contributed by atoms with Crippen molar-refractivity contribution in [2.45, 2.75) is 65.7 Å². The summed E-state index contributed by atoms with van der Waals surface area (Å²) in [5, 5.41) is -0.0300. The third-order valence-electron chi connectivity index (χ3n) is 7.97. The molecule has 0 unspecified atom stereocenters. The van der Waals surface area contributed by atoms with Crippen LogP contribution in [0.1, 0.15) is 65.7 Å². The standard InChI is InChI=1S/C22H28O3S/c1-12-11-14-15-5-6-18(25)21(15,3)9-7-16(14)22(4)10-8-17(24)20(19(12)22)26-13(2)23/h14-16H,1,5-11H2,2-4H3/t14-,15-,16+,21-,22+/m0/s1. The monoisotopic (exact) mass is 372 g/mol. The molecule has 0 bridgehead atoms. The van der Waals surface area contributed by atoms with Gasteiger partial charge in [-0.1, -0.05) is 20.4 Å². The summed E-state index contributed by atoms with van der Waals surface area (Å²) >= 11 is 1.11. The Morgan fingerprint density at radius 3 is 2.46 bits per heavy atom. The highest BCUT2D eigenvalue weighted by molar-refractivity contribution is 8.17. The van der Waals surface area contributed by atoms with Crippen molar-refractivity contribution in [2.75, 3.05) is 0 Å². The van der Waals surface area contributed by atoms with Crippen LogP contribution in [0.5, 0.6) is 0 Å². The highest BCUT2D eigenvalue weighted by Gasteiger charge is 2.60. The minimum atomic E-state index is -0.152. The fraction of sp³-hybridized carbons (Fsp3) is 0.682. The Bertz CT molecular complexity index is 763. The zero-order valence-corrected chi connectivity index (χ0v) is 16.8. The first kappa shape index (κ1) is 18.2. The molecule has 0 N–H and O–H groups in total. The summed E-state index contributed by atoms with van der Waals surface area (Å²) in [6, 6.07) is 0. The van der Waals surface area contributed by atoms with Crippen LogP contribution in [0.25, 0.3) is 0 Å². The van der Waals surface area contributed by atoms with Crippen molar-refractivity contribution >= 4 is 28.4 Å². The number of rotatable bonds is 1. The fourth-order valence-electron chi connectivity index (χ4n) is 6.72. The van der Waals surface area contributed by atoms with Crippen LogP contribution in [-0.4, -0.2) is 16.7 Å². The van der Waals surface area contributed by atoms with Crippen LogP contribution in [0.3, 0.4) is 0 Å². The van der Waals surface area contributed by atoms with E-state index in [2.05, 4.69) is 20.4 Å². The van der Waals surface area contributed by atoms with Gasteiger partial charge in [0.15, 0.2) is 10.9 Å². The maximum atomic E-state index is 12.6. The molecule has 0 amide bonds. The summed E-state index contributed by atoms with van der Waals surface area (Å²) in [4.78, 5) is 37.6. The molecule has 0 aromatic carbocycles. The highest BCUT2D eigenvalue weighted by atomic mass is 32.2. The van der Waals surface area contributed by atoms with Crippen molar-refractivity contribution in [1.82, 2.24) is 0 Å². The molecule has 3 nitrogen and oxygen atoms in total. The molecule has 4 aliphatic carbocycles. The van der Waals surface area contributed by atoms with Crippen molar-refractivity contribution < 1.29 is 14.4 Å². The van der Waals surface area contributed by atoms with E-state index in [1.54, 1.807) is 0 Å². The van der Waals surface area contributed by atoms with Crippen LogP contribution < -0.4 is 0 Å². The van der Waals surface area contributed by atoms with Crippen molar-refractivity contribution in [3.63, 3.8) is 0 Å². The Kier molecular flexibility index (Phi) is 4.15. The molecular formula is C22H28O3S. The Balaban J connectivity index is 1.79. The minimum Gasteiger partial charge on any atom is -0.299 e. The molecule has 3 fully saturated rings. The highest BCUT2D eigenvalue weighted by Crippen LogP contribution is 2.66. The predicted molar refractivity (Wildman–Crippen MR) is 103 cm³/mol. The first-order chi connectivity index (χ1) is 12.2. The molecule has 140 valence electrons. The van der Waals surface area contributed by atoms with Gasteiger partial charge in [0.1, 0.15) is 5.78 Å². The van der Waals surface area contributed by atoms with E-state index < -0.39 is 0 Å². The molecule has 0 radical (unpaired) electrons. The molecule has 4 aliphatic rings. The lowest BCUT2D eigenvalue weighted by atomic mass is 9.46.